The molecule has 0 aromatic heterocycles. The summed E-state index contributed by atoms with van der Waals surface area (Å²) in [5.41, 5.74) is 3.55. The van der Waals surface area contributed by atoms with Crippen LogP contribution in [0.15, 0.2) is 42.5 Å². The second kappa shape index (κ2) is 6.80. The molecule has 0 radical (unpaired) electrons. The van der Waals surface area contributed by atoms with E-state index in [1.807, 2.05) is 6.07 Å². The lowest BCUT2D eigenvalue weighted by molar-refractivity contribution is 0.249. The molecule has 1 aliphatic heterocycles. The number of rotatable bonds is 3. The molecule has 1 aliphatic rings. The fraction of sp³-hybridized carbons (Fsp3) is 0.316. The van der Waals surface area contributed by atoms with Crippen LogP contribution in [0.4, 0.5) is 10.1 Å². The topological polar surface area (TPSA) is 30.3 Å². The number of hydrogen-bond donors (Lipinski definition) is 0. The Balaban J connectivity index is 1.60. The lowest BCUT2D eigenvalue weighted by Crippen LogP contribution is -2.46. The van der Waals surface area contributed by atoms with Gasteiger partial charge in [-0.05, 0) is 30.7 Å². The Kier molecular flexibility index (Phi) is 4.59. The molecule has 0 atom stereocenters. The highest BCUT2D eigenvalue weighted by molar-refractivity contribution is 5.51. The quantitative estimate of drug-likeness (QED) is 0.871. The number of anilines is 1. The summed E-state index contributed by atoms with van der Waals surface area (Å²) >= 11 is 0. The van der Waals surface area contributed by atoms with Crippen LogP contribution >= 0.6 is 0 Å². The lowest BCUT2D eigenvalue weighted by Gasteiger charge is -2.36. The molecule has 2 aromatic rings. The molecule has 3 rings (SSSR count). The number of hydrogen-bond acceptors (Lipinski definition) is 3. The van der Waals surface area contributed by atoms with Crippen molar-refractivity contribution in [2.45, 2.75) is 13.5 Å². The molecular weight excluding hydrogens is 289 g/mol. The Labute approximate surface area is 136 Å². The zero-order valence-corrected chi connectivity index (χ0v) is 13.3. The Hall–Kier alpha value is -2.38. The Morgan fingerprint density at radius 2 is 1.74 bits per heavy atom. The predicted octanol–water partition coefficient (Wildman–Crippen LogP) is 3.33. The molecule has 118 valence electrons. The molecule has 0 spiro atoms. The second-order valence-electron chi connectivity index (χ2n) is 6.03. The molecule has 0 aliphatic carbocycles. The van der Waals surface area contributed by atoms with Gasteiger partial charge in [0.2, 0.25) is 0 Å². The predicted molar refractivity (Wildman–Crippen MR) is 89.8 cm³/mol. The standard InChI is InChI=1S/C19H20FN3/c1-15-2-4-16(5-3-15)14-22-8-10-23(11-9-22)19-7-6-17(13-21)12-18(19)20/h2-7,12H,8-11,14H2,1H3. The van der Waals surface area contributed by atoms with Gasteiger partial charge in [0.05, 0.1) is 17.3 Å². The first kappa shape index (κ1) is 15.5. The van der Waals surface area contributed by atoms with Crippen LogP contribution in [0.3, 0.4) is 0 Å². The van der Waals surface area contributed by atoms with Crippen LogP contribution in [-0.2, 0) is 6.54 Å². The molecule has 2 aromatic carbocycles. The largest absolute Gasteiger partial charge is 0.367 e. The smallest absolute Gasteiger partial charge is 0.147 e. The van der Waals surface area contributed by atoms with E-state index in [2.05, 4.69) is 41.0 Å². The summed E-state index contributed by atoms with van der Waals surface area (Å²) in [6.07, 6.45) is 0. The van der Waals surface area contributed by atoms with Crippen LogP contribution < -0.4 is 4.90 Å². The summed E-state index contributed by atoms with van der Waals surface area (Å²) in [5.74, 6) is -0.309. The van der Waals surface area contributed by atoms with Gasteiger partial charge in [-0.1, -0.05) is 29.8 Å². The summed E-state index contributed by atoms with van der Waals surface area (Å²) in [4.78, 5) is 4.45. The van der Waals surface area contributed by atoms with Crippen molar-refractivity contribution >= 4 is 5.69 Å². The first-order chi connectivity index (χ1) is 11.2. The number of halogens is 1. The van der Waals surface area contributed by atoms with Gasteiger partial charge in [-0.15, -0.1) is 0 Å². The summed E-state index contributed by atoms with van der Waals surface area (Å²) in [6, 6.07) is 15.3. The van der Waals surface area contributed by atoms with Crippen LogP contribution in [0, 0.1) is 24.1 Å². The SMILES string of the molecule is Cc1ccc(CN2CCN(c3ccc(C#N)cc3F)CC2)cc1. The van der Waals surface area contributed by atoms with Crippen molar-refractivity contribution in [2.75, 3.05) is 31.1 Å². The van der Waals surface area contributed by atoms with Crippen molar-refractivity contribution in [2.24, 2.45) is 0 Å². The highest BCUT2D eigenvalue weighted by atomic mass is 19.1. The van der Waals surface area contributed by atoms with Gasteiger partial charge >= 0.3 is 0 Å². The van der Waals surface area contributed by atoms with Gasteiger partial charge in [-0.2, -0.15) is 5.26 Å². The van der Waals surface area contributed by atoms with Crippen molar-refractivity contribution < 1.29 is 4.39 Å². The monoisotopic (exact) mass is 309 g/mol. The van der Waals surface area contributed by atoms with Crippen molar-refractivity contribution in [3.63, 3.8) is 0 Å². The van der Waals surface area contributed by atoms with Crippen molar-refractivity contribution in [3.8, 4) is 6.07 Å². The number of nitriles is 1. The molecule has 0 N–H and O–H groups in total. The van der Waals surface area contributed by atoms with Gasteiger partial charge in [0.25, 0.3) is 0 Å². The maximum absolute atomic E-state index is 14.1. The van der Waals surface area contributed by atoms with E-state index in [1.54, 1.807) is 12.1 Å². The lowest BCUT2D eigenvalue weighted by atomic mass is 10.1. The van der Waals surface area contributed by atoms with Crippen LogP contribution in [0.25, 0.3) is 0 Å². The van der Waals surface area contributed by atoms with Gasteiger partial charge in [-0.25, -0.2) is 4.39 Å². The summed E-state index contributed by atoms with van der Waals surface area (Å²) in [7, 11) is 0. The van der Waals surface area contributed by atoms with Crippen LogP contribution in [0.5, 0.6) is 0 Å². The van der Waals surface area contributed by atoms with Gasteiger partial charge < -0.3 is 4.90 Å². The van der Waals surface area contributed by atoms with Gasteiger partial charge in [-0.3, -0.25) is 4.90 Å². The Bertz CT molecular complexity index is 710. The molecule has 4 heteroatoms. The summed E-state index contributed by atoms with van der Waals surface area (Å²) in [6.45, 7) is 6.45. The van der Waals surface area contributed by atoms with Gasteiger partial charge in [0, 0.05) is 32.7 Å². The molecule has 3 nitrogen and oxygen atoms in total. The minimum Gasteiger partial charge on any atom is -0.367 e. The highest BCUT2D eigenvalue weighted by Gasteiger charge is 2.19. The zero-order valence-electron chi connectivity index (χ0n) is 13.3. The molecule has 0 saturated carbocycles. The molecule has 23 heavy (non-hydrogen) atoms. The Morgan fingerprint density at radius 3 is 2.35 bits per heavy atom. The van der Waals surface area contributed by atoms with E-state index < -0.39 is 0 Å². The minimum atomic E-state index is -0.309. The fourth-order valence-electron chi connectivity index (χ4n) is 2.93. The summed E-state index contributed by atoms with van der Waals surface area (Å²) in [5, 5.41) is 8.82. The molecular formula is C19H20FN3. The van der Waals surface area contributed by atoms with Crippen LogP contribution in [0.1, 0.15) is 16.7 Å². The fourth-order valence-corrected chi connectivity index (χ4v) is 2.93. The maximum Gasteiger partial charge on any atom is 0.147 e. The van der Waals surface area contributed by atoms with Crippen molar-refractivity contribution in [1.29, 1.82) is 5.26 Å². The van der Waals surface area contributed by atoms with E-state index >= 15 is 0 Å². The number of benzene rings is 2. The van der Waals surface area contributed by atoms with E-state index in [0.29, 0.717) is 11.3 Å². The van der Waals surface area contributed by atoms with E-state index in [0.717, 1.165) is 32.7 Å². The van der Waals surface area contributed by atoms with Crippen LogP contribution in [-0.4, -0.2) is 31.1 Å². The molecule has 1 fully saturated rings. The second-order valence-corrected chi connectivity index (χ2v) is 6.03. The van der Waals surface area contributed by atoms with Crippen molar-refractivity contribution in [1.82, 2.24) is 4.90 Å². The third kappa shape index (κ3) is 3.69. The van der Waals surface area contributed by atoms with E-state index in [9.17, 15) is 4.39 Å². The summed E-state index contributed by atoms with van der Waals surface area (Å²) < 4.78 is 14.1. The maximum atomic E-state index is 14.1. The first-order valence-corrected chi connectivity index (χ1v) is 7.88. The molecule has 1 saturated heterocycles. The molecule has 0 bridgehead atoms. The number of nitrogens with zero attached hydrogens (tertiary/aromatic N) is 3. The van der Waals surface area contributed by atoms with Crippen LogP contribution in [0.2, 0.25) is 0 Å². The van der Waals surface area contributed by atoms with Gasteiger partial charge in [0.15, 0.2) is 0 Å². The zero-order chi connectivity index (χ0) is 16.2. The van der Waals surface area contributed by atoms with E-state index in [-0.39, 0.29) is 5.82 Å². The molecule has 0 unspecified atom stereocenters. The normalized spacial score (nSPS) is 15.4. The van der Waals surface area contributed by atoms with E-state index in [1.165, 1.54) is 17.2 Å². The Morgan fingerprint density at radius 1 is 1.04 bits per heavy atom. The minimum absolute atomic E-state index is 0.309. The average Bonchev–Trinajstić information content (AvgIpc) is 2.58. The average molecular weight is 309 g/mol. The molecule has 0 amide bonds. The molecule has 1 heterocycles. The van der Waals surface area contributed by atoms with Crippen molar-refractivity contribution in [3.05, 3.63) is 65.0 Å². The third-order valence-electron chi connectivity index (χ3n) is 4.32. The van der Waals surface area contributed by atoms with Gasteiger partial charge in [0.1, 0.15) is 5.82 Å². The van der Waals surface area contributed by atoms with E-state index in [4.69, 9.17) is 5.26 Å². The number of aryl methyl sites for hydroxylation is 1. The first-order valence-electron chi connectivity index (χ1n) is 7.88. The highest BCUT2D eigenvalue weighted by Crippen LogP contribution is 2.22. The number of piperazine rings is 1. The third-order valence-corrected chi connectivity index (χ3v) is 4.32.